The van der Waals surface area contributed by atoms with E-state index in [9.17, 15) is 5.11 Å². The summed E-state index contributed by atoms with van der Waals surface area (Å²) >= 11 is 1.86. The van der Waals surface area contributed by atoms with Crippen molar-refractivity contribution < 1.29 is 5.11 Å². The summed E-state index contributed by atoms with van der Waals surface area (Å²) in [6, 6.07) is 5.00. The molecule has 3 atom stereocenters. The Kier molecular flexibility index (Phi) is 4.02. The Balaban J connectivity index is 1.69. The number of aliphatic hydroxyl groups excluding tert-OH is 1. The minimum absolute atomic E-state index is 0.0427. The van der Waals surface area contributed by atoms with Gasteiger partial charge in [0.05, 0.1) is 6.10 Å². The van der Waals surface area contributed by atoms with Crippen molar-refractivity contribution in [2.75, 3.05) is 6.54 Å². The molecule has 1 saturated carbocycles. The van der Waals surface area contributed by atoms with Crippen LogP contribution in [0.1, 0.15) is 43.4 Å². The molecule has 1 N–H and O–H groups in total. The van der Waals surface area contributed by atoms with Crippen molar-refractivity contribution in [1.29, 1.82) is 0 Å². The van der Waals surface area contributed by atoms with Gasteiger partial charge in [-0.15, -0.1) is 11.3 Å². The van der Waals surface area contributed by atoms with Crippen molar-refractivity contribution in [3.63, 3.8) is 0 Å². The van der Waals surface area contributed by atoms with Gasteiger partial charge in [-0.1, -0.05) is 18.9 Å². The maximum atomic E-state index is 10.2. The number of rotatable bonds is 3. The molecule has 1 aromatic rings. The van der Waals surface area contributed by atoms with E-state index in [1.54, 1.807) is 0 Å². The van der Waals surface area contributed by atoms with Gasteiger partial charge >= 0.3 is 0 Å². The van der Waals surface area contributed by atoms with Gasteiger partial charge in [-0.3, -0.25) is 4.90 Å². The largest absolute Gasteiger partial charge is 0.393 e. The normalized spacial score (nSPS) is 33.9. The van der Waals surface area contributed by atoms with E-state index < -0.39 is 0 Å². The molecular weight excluding hydrogens is 242 g/mol. The third-order valence-corrected chi connectivity index (χ3v) is 5.49. The lowest BCUT2D eigenvalue weighted by Gasteiger charge is -2.40. The molecule has 3 rings (SSSR count). The molecule has 3 heteroatoms. The number of likely N-dealkylation sites (tertiary alicyclic amines) is 1. The molecule has 0 aromatic carbocycles. The summed E-state index contributed by atoms with van der Waals surface area (Å²) in [6.45, 7) is 2.30. The summed E-state index contributed by atoms with van der Waals surface area (Å²) in [7, 11) is 0. The fourth-order valence-corrected chi connectivity index (χ4v) is 4.45. The molecule has 18 heavy (non-hydrogen) atoms. The highest BCUT2D eigenvalue weighted by atomic mass is 32.1. The second-order valence-corrected chi connectivity index (χ2v) is 6.81. The van der Waals surface area contributed by atoms with Crippen LogP contribution >= 0.6 is 11.3 Å². The lowest BCUT2D eigenvalue weighted by Crippen LogP contribution is -2.45. The first-order valence-corrected chi connectivity index (χ1v) is 8.17. The van der Waals surface area contributed by atoms with Crippen molar-refractivity contribution in [3.8, 4) is 0 Å². The van der Waals surface area contributed by atoms with Crippen LogP contribution in [0.3, 0.4) is 0 Å². The topological polar surface area (TPSA) is 23.5 Å². The quantitative estimate of drug-likeness (QED) is 0.906. The summed E-state index contributed by atoms with van der Waals surface area (Å²) < 4.78 is 0. The number of hydrogen-bond acceptors (Lipinski definition) is 3. The summed E-state index contributed by atoms with van der Waals surface area (Å²) in [5, 5.41) is 12.3. The molecule has 100 valence electrons. The van der Waals surface area contributed by atoms with E-state index in [1.807, 2.05) is 11.3 Å². The molecule has 2 fully saturated rings. The van der Waals surface area contributed by atoms with Crippen LogP contribution in [0.4, 0.5) is 0 Å². The SMILES string of the molecule is OC1CCCC1C1CCCCN1Cc1cccs1. The Bertz CT molecular complexity index is 365. The maximum absolute atomic E-state index is 10.2. The van der Waals surface area contributed by atoms with Crippen LogP contribution in [-0.2, 0) is 6.54 Å². The minimum atomic E-state index is -0.0427. The molecule has 2 heterocycles. The fraction of sp³-hybridized carbons (Fsp3) is 0.733. The number of thiophene rings is 1. The molecule has 2 aliphatic rings. The second-order valence-electron chi connectivity index (χ2n) is 5.78. The Morgan fingerprint density at radius 1 is 1.22 bits per heavy atom. The summed E-state index contributed by atoms with van der Waals surface area (Å²) in [6.07, 6.45) is 7.38. The van der Waals surface area contributed by atoms with Crippen molar-refractivity contribution >= 4 is 11.3 Å². The first-order valence-electron chi connectivity index (χ1n) is 7.29. The standard InChI is InChI=1S/C15H23NOS/c17-15-8-3-6-13(15)14-7-1-2-9-16(14)11-12-5-4-10-18-12/h4-5,10,13-15,17H,1-3,6-9,11H2. The van der Waals surface area contributed by atoms with Crippen molar-refractivity contribution in [2.24, 2.45) is 5.92 Å². The Morgan fingerprint density at radius 3 is 2.89 bits per heavy atom. The molecule has 3 unspecified atom stereocenters. The van der Waals surface area contributed by atoms with Crippen molar-refractivity contribution in [3.05, 3.63) is 22.4 Å². The van der Waals surface area contributed by atoms with E-state index in [1.165, 1.54) is 43.5 Å². The van der Waals surface area contributed by atoms with Gasteiger partial charge in [0, 0.05) is 23.4 Å². The first kappa shape index (κ1) is 12.6. The molecule has 1 saturated heterocycles. The van der Waals surface area contributed by atoms with Crippen LogP contribution in [-0.4, -0.2) is 28.7 Å². The summed E-state index contributed by atoms with van der Waals surface area (Å²) in [5.74, 6) is 0.533. The smallest absolute Gasteiger partial charge is 0.0583 e. The monoisotopic (exact) mass is 265 g/mol. The average molecular weight is 265 g/mol. The molecule has 2 nitrogen and oxygen atoms in total. The van der Waals surface area contributed by atoms with Crippen LogP contribution in [0, 0.1) is 5.92 Å². The molecule has 1 aliphatic heterocycles. The molecular formula is C15H23NOS. The highest BCUT2D eigenvalue weighted by Crippen LogP contribution is 2.36. The third kappa shape index (κ3) is 2.63. The predicted octanol–water partition coefficient (Wildman–Crippen LogP) is 3.26. The van der Waals surface area contributed by atoms with E-state index in [2.05, 4.69) is 22.4 Å². The Labute approximate surface area is 114 Å². The number of hydrogen-bond donors (Lipinski definition) is 1. The van der Waals surface area contributed by atoms with Gasteiger partial charge in [0.2, 0.25) is 0 Å². The van der Waals surface area contributed by atoms with Gasteiger partial charge in [-0.25, -0.2) is 0 Å². The maximum Gasteiger partial charge on any atom is 0.0583 e. The van der Waals surface area contributed by atoms with Crippen LogP contribution < -0.4 is 0 Å². The predicted molar refractivity (Wildman–Crippen MR) is 75.7 cm³/mol. The lowest BCUT2D eigenvalue weighted by atomic mass is 9.87. The van der Waals surface area contributed by atoms with Gasteiger partial charge in [0.15, 0.2) is 0 Å². The minimum Gasteiger partial charge on any atom is -0.393 e. The zero-order valence-electron chi connectivity index (χ0n) is 10.9. The highest BCUT2D eigenvalue weighted by Gasteiger charge is 2.36. The Hall–Kier alpha value is -0.380. The van der Waals surface area contributed by atoms with Crippen LogP contribution in [0.25, 0.3) is 0 Å². The summed E-state index contributed by atoms with van der Waals surface area (Å²) in [5.41, 5.74) is 0. The number of nitrogens with zero attached hydrogens (tertiary/aromatic N) is 1. The van der Waals surface area contributed by atoms with Gasteiger partial charge in [0.25, 0.3) is 0 Å². The first-order chi connectivity index (χ1) is 8.84. The van der Waals surface area contributed by atoms with Gasteiger partial charge in [-0.2, -0.15) is 0 Å². The molecule has 0 amide bonds. The molecule has 0 radical (unpaired) electrons. The zero-order chi connectivity index (χ0) is 12.4. The van der Waals surface area contributed by atoms with Gasteiger partial charge in [0.1, 0.15) is 0 Å². The van der Waals surface area contributed by atoms with Gasteiger partial charge < -0.3 is 5.11 Å². The lowest BCUT2D eigenvalue weighted by molar-refractivity contribution is 0.0318. The van der Waals surface area contributed by atoms with E-state index in [4.69, 9.17) is 0 Å². The molecule has 0 spiro atoms. The third-order valence-electron chi connectivity index (χ3n) is 4.63. The van der Waals surface area contributed by atoms with E-state index in [0.717, 1.165) is 13.0 Å². The van der Waals surface area contributed by atoms with Crippen molar-refractivity contribution in [1.82, 2.24) is 4.90 Å². The molecule has 1 aromatic heterocycles. The molecule has 1 aliphatic carbocycles. The summed E-state index contributed by atoms with van der Waals surface area (Å²) in [4.78, 5) is 4.10. The fourth-order valence-electron chi connectivity index (χ4n) is 3.72. The average Bonchev–Trinajstić information content (AvgIpc) is 3.02. The molecule has 0 bridgehead atoms. The number of aliphatic hydroxyl groups is 1. The zero-order valence-corrected chi connectivity index (χ0v) is 11.7. The van der Waals surface area contributed by atoms with Crippen molar-refractivity contribution in [2.45, 2.75) is 57.2 Å². The van der Waals surface area contributed by atoms with E-state index >= 15 is 0 Å². The van der Waals surface area contributed by atoms with E-state index in [0.29, 0.717) is 12.0 Å². The number of piperidine rings is 1. The second kappa shape index (κ2) is 5.72. The van der Waals surface area contributed by atoms with Crippen LogP contribution in [0.5, 0.6) is 0 Å². The van der Waals surface area contributed by atoms with E-state index in [-0.39, 0.29) is 6.10 Å². The van der Waals surface area contributed by atoms with Crippen LogP contribution in [0.2, 0.25) is 0 Å². The Morgan fingerprint density at radius 2 is 2.17 bits per heavy atom. The highest BCUT2D eigenvalue weighted by molar-refractivity contribution is 7.09. The van der Waals surface area contributed by atoms with Gasteiger partial charge in [-0.05, 0) is 43.7 Å². The van der Waals surface area contributed by atoms with Crippen LogP contribution in [0.15, 0.2) is 17.5 Å².